The first-order valence-electron chi connectivity index (χ1n) is 18.1. The minimum absolute atomic E-state index is 0.0188. The summed E-state index contributed by atoms with van der Waals surface area (Å²) >= 11 is 0. The van der Waals surface area contributed by atoms with E-state index < -0.39 is 47.5 Å². The summed E-state index contributed by atoms with van der Waals surface area (Å²) < 4.78 is 48.4. The van der Waals surface area contributed by atoms with Crippen molar-refractivity contribution in [1.29, 1.82) is 0 Å². The normalized spacial score (nSPS) is 20.0. The maximum Gasteiger partial charge on any atom is 0.308 e. The van der Waals surface area contributed by atoms with Crippen LogP contribution in [-0.2, 0) is 29.8 Å². The zero-order chi connectivity index (χ0) is 40.3. The van der Waals surface area contributed by atoms with Gasteiger partial charge >= 0.3 is 29.8 Å². The molecule has 4 atom stereocenters. The Balaban J connectivity index is 1.39. The van der Waals surface area contributed by atoms with Crippen LogP contribution in [-0.4, -0.2) is 29.8 Å². The summed E-state index contributed by atoms with van der Waals surface area (Å²) in [6.45, 7) is 8.44. The smallest absolute Gasteiger partial charge is 0.308 e. The monoisotopic (exact) mass is 772 g/mol. The van der Waals surface area contributed by atoms with E-state index in [2.05, 4.69) is 6.08 Å². The van der Waals surface area contributed by atoms with Crippen LogP contribution in [0.25, 0.3) is 22.3 Å². The zero-order valence-corrected chi connectivity index (χ0v) is 31.8. The lowest BCUT2D eigenvalue weighted by atomic mass is 9.61. The molecule has 4 aromatic carbocycles. The first-order chi connectivity index (χ1) is 27.2. The van der Waals surface area contributed by atoms with Gasteiger partial charge in [0, 0.05) is 81.2 Å². The van der Waals surface area contributed by atoms with Crippen molar-refractivity contribution in [2.24, 2.45) is 5.92 Å². The number of carbonyl (C=O) groups is 5. The largest absolute Gasteiger partial charge is 0.456 e. The Bertz CT molecular complexity index is 2580. The van der Waals surface area contributed by atoms with E-state index in [0.29, 0.717) is 51.3 Å². The van der Waals surface area contributed by atoms with Gasteiger partial charge in [-0.15, -0.1) is 0 Å². The summed E-state index contributed by atoms with van der Waals surface area (Å²) in [6, 6.07) is 20.1. The van der Waals surface area contributed by atoms with E-state index in [-0.39, 0.29) is 34.7 Å². The third-order valence-electron chi connectivity index (χ3n) is 10.0. The number of hydrogen-bond acceptors (Lipinski definition) is 13. The van der Waals surface area contributed by atoms with Crippen molar-refractivity contribution < 1.29 is 61.5 Å². The predicted octanol–water partition coefficient (Wildman–Crippen LogP) is 8.20. The first-order valence-corrected chi connectivity index (χ1v) is 18.1. The van der Waals surface area contributed by atoms with Crippen molar-refractivity contribution in [1.82, 2.24) is 0 Å². The molecule has 0 saturated carbocycles. The molecular weight excluding hydrogens is 736 g/mol. The maximum atomic E-state index is 12.8. The number of rotatable bonds is 7. The minimum atomic E-state index is -1.75. The molecule has 290 valence electrons. The number of benzene rings is 4. The zero-order valence-electron chi connectivity index (χ0n) is 31.8. The Hall–Kier alpha value is -6.89. The fourth-order valence-electron chi connectivity index (χ4n) is 8.22. The Kier molecular flexibility index (Phi) is 9.10. The predicted molar refractivity (Wildman–Crippen MR) is 201 cm³/mol. The molecule has 3 aliphatic rings. The van der Waals surface area contributed by atoms with Gasteiger partial charge < -0.3 is 37.6 Å². The Morgan fingerprint density at radius 2 is 1.23 bits per heavy atom. The number of hydrogen-bond donors (Lipinski definition) is 0. The lowest BCUT2D eigenvalue weighted by Crippen LogP contribution is -2.56. The van der Waals surface area contributed by atoms with Crippen LogP contribution < -0.4 is 33.2 Å². The standard InChI is InChI=1S/C44H36O13/c1-21-13-33-32-11-9-30(51-23(3)46)19-38(32)56-44(35-12-10-31(52-24(4)47)20-39(35)53-25(5)48)43(33)34(14-21)42-40(54-26(6)49)16-28(17-41(42)57-44)36-15-27-7-8-29(50-22(2)45)18-37(27)55-36/h7-12,14-20,33-34,43H,13H2,1-6H3/t33-,34-,43-,44+/m1/s1. The average Bonchev–Trinajstić information content (AvgIpc) is 3.53. The molecule has 57 heavy (non-hydrogen) atoms. The quantitative estimate of drug-likeness (QED) is 0.0885. The fourth-order valence-corrected chi connectivity index (χ4v) is 8.22. The van der Waals surface area contributed by atoms with E-state index in [1.54, 1.807) is 60.7 Å². The van der Waals surface area contributed by atoms with Gasteiger partial charge in [0.25, 0.3) is 5.79 Å². The van der Waals surface area contributed by atoms with E-state index in [9.17, 15) is 24.0 Å². The SMILES string of the molecule is CC(=O)Oc1ccc2c(c1)O[C@@]1(c3ccc(OC(C)=O)cc3OC(C)=O)Oc3cc(-c4cc5ccc(OC(C)=O)cc5o4)cc(OC(C)=O)c3[C@H]3C=C(C)C[C@H]2[C@H]31. The molecule has 8 rings (SSSR count). The molecule has 13 nitrogen and oxygen atoms in total. The van der Waals surface area contributed by atoms with Gasteiger partial charge in [-0.1, -0.05) is 17.7 Å². The van der Waals surface area contributed by atoms with Crippen LogP contribution in [0.4, 0.5) is 0 Å². The van der Waals surface area contributed by atoms with Gasteiger partial charge in [-0.3, -0.25) is 24.0 Å². The minimum Gasteiger partial charge on any atom is -0.456 e. The number of carbonyl (C=O) groups excluding carboxylic acids is 5. The van der Waals surface area contributed by atoms with E-state index in [1.807, 2.05) is 13.0 Å². The van der Waals surface area contributed by atoms with Gasteiger partial charge in [-0.25, -0.2) is 0 Å². The number of esters is 5. The Morgan fingerprint density at radius 1 is 0.632 bits per heavy atom. The maximum absolute atomic E-state index is 12.8. The van der Waals surface area contributed by atoms with Crippen LogP contribution in [0.5, 0.6) is 40.2 Å². The highest BCUT2D eigenvalue weighted by atomic mass is 16.7. The van der Waals surface area contributed by atoms with Crippen LogP contribution >= 0.6 is 0 Å². The molecule has 5 aromatic rings. The fraction of sp³-hybridized carbons (Fsp3) is 0.250. The summed E-state index contributed by atoms with van der Waals surface area (Å²) in [5, 5.41) is 0.716. The molecular formula is C44H36O13. The van der Waals surface area contributed by atoms with Crippen LogP contribution in [0.1, 0.15) is 76.5 Å². The van der Waals surface area contributed by atoms with Crippen molar-refractivity contribution >= 4 is 40.8 Å². The second-order valence-corrected chi connectivity index (χ2v) is 14.3. The van der Waals surface area contributed by atoms with E-state index in [0.717, 1.165) is 11.1 Å². The lowest BCUT2D eigenvalue weighted by Gasteiger charge is -2.55. The molecule has 0 spiro atoms. The third-order valence-corrected chi connectivity index (χ3v) is 10.0. The van der Waals surface area contributed by atoms with Gasteiger partial charge in [0.05, 0.1) is 11.5 Å². The third kappa shape index (κ3) is 6.85. The molecule has 0 radical (unpaired) electrons. The number of furan rings is 1. The van der Waals surface area contributed by atoms with Crippen LogP contribution in [0.3, 0.4) is 0 Å². The van der Waals surface area contributed by atoms with E-state index >= 15 is 0 Å². The molecule has 0 N–H and O–H groups in total. The molecule has 1 aromatic heterocycles. The number of allylic oxidation sites excluding steroid dienone is 2. The van der Waals surface area contributed by atoms with Crippen molar-refractivity contribution in [2.45, 2.75) is 65.6 Å². The van der Waals surface area contributed by atoms with Crippen molar-refractivity contribution in [2.75, 3.05) is 0 Å². The second-order valence-electron chi connectivity index (χ2n) is 14.3. The molecule has 0 saturated heterocycles. The number of fused-ring (bicyclic) bond motifs is 5. The van der Waals surface area contributed by atoms with Gasteiger partial charge in [0.2, 0.25) is 0 Å². The van der Waals surface area contributed by atoms with Gasteiger partial charge in [0.1, 0.15) is 51.6 Å². The number of ether oxygens (including phenoxy) is 7. The van der Waals surface area contributed by atoms with E-state index in [4.69, 9.17) is 37.6 Å². The Morgan fingerprint density at radius 3 is 1.91 bits per heavy atom. The van der Waals surface area contributed by atoms with Gasteiger partial charge in [-0.2, -0.15) is 0 Å². The van der Waals surface area contributed by atoms with Crippen LogP contribution in [0.2, 0.25) is 0 Å². The van der Waals surface area contributed by atoms with Crippen molar-refractivity contribution in [3.8, 4) is 51.6 Å². The topological polar surface area (TPSA) is 163 Å². The summed E-state index contributed by atoms with van der Waals surface area (Å²) in [5.41, 5.74) is 3.68. The van der Waals surface area contributed by atoms with Crippen LogP contribution in [0, 0.1) is 5.92 Å². The highest BCUT2D eigenvalue weighted by molar-refractivity contribution is 5.86. The summed E-state index contributed by atoms with van der Waals surface area (Å²) in [4.78, 5) is 61.1. The molecule has 3 heterocycles. The molecule has 0 bridgehead atoms. The molecule has 1 aliphatic carbocycles. The summed E-state index contributed by atoms with van der Waals surface area (Å²) in [7, 11) is 0. The molecule has 13 heteroatoms. The van der Waals surface area contributed by atoms with Crippen LogP contribution in [0.15, 0.2) is 88.9 Å². The lowest BCUT2D eigenvalue weighted by molar-refractivity contribution is -0.198. The van der Waals surface area contributed by atoms with Gasteiger partial charge in [0.15, 0.2) is 0 Å². The van der Waals surface area contributed by atoms with E-state index in [1.165, 1.54) is 40.7 Å². The average molecular weight is 773 g/mol. The second kappa shape index (κ2) is 14.0. The highest BCUT2D eigenvalue weighted by Gasteiger charge is 2.62. The van der Waals surface area contributed by atoms with Gasteiger partial charge in [-0.05, 0) is 67.4 Å². The van der Waals surface area contributed by atoms with Crippen molar-refractivity contribution in [3.63, 3.8) is 0 Å². The molecule has 0 fully saturated rings. The summed E-state index contributed by atoms with van der Waals surface area (Å²) in [6.07, 6.45) is 2.68. The van der Waals surface area contributed by atoms with Crippen molar-refractivity contribution in [3.05, 3.63) is 101 Å². The Labute approximate surface area is 326 Å². The summed E-state index contributed by atoms with van der Waals surface area (Å²) in [5.74, 6) is -3.93. The molecule has 0 amide bonds. The molecule has 2 aliphatic heterocycles. The molecule has 0 unspecified atom stereocenters. The first kappa shape index (κ1) is 37.1. The highest BCUT2D eigenvalue weighted by Crippen LogP contribution is 2.65.